The minimum absolute atomic E-state index is 0.0717. The summed E-state index contributed by atoms with van der Waals surface area (Å²) in [7, 11) is 0. The van der Waals surface area contributed by atoms with Gasteiger partial charge in [0.05, 0.1) is 10.7 Å². The van der Waals surface area contributed by atoms with Crippen molar-refractivity contribution in [2.24, 2.45) is 11.3 Å². The molecule has 2 amide bonds. The average Bonchev–Trinajstić information content (AvgIpc) is 2.86. The van der Waals surface area contributed by atoms with Crippen molar-refractivity contribution in [1.82, 2.24) is 4.98 Å². The highest BCUT2D eigenvalue weighted by atomic mass is 32.1. The summed E-state index contributed by atoms with van der Waals surface area (Å²) in [6.45, 7) is 11.7. The molecule has 0 unspecified atom stereocenters. The molecule has 2 aromatic rings. The highest BCUT2D eigenvalue weighted by Gasteiger charge is 2.21. The molecule has 6 heteroatoms. The normalized spacial score (nSPS) is 11.5. The number of benzene rings is 1. The molecule has 5 nitrogen and oxygen atoms in total. The number of hydrogen-bond acceptors (Lipinski definition) is 4. The number of carbonyl (C=O) groups excluding carboxylic acids is 2. The molecule has 0 saturated carbocycles. The van der Waals surface area contributed by atoms with Crippen LogP contribution in [0.3, 0.4) is 0 Å². The second kappa shape index (κ2) is 7.99. The van der Waals surface area contributed by atoms with Crippen molar-refractivity contribution in [2.45, 2.75) is 48.0 Å². The van der Waals surface area contributed by atoms with Crippen LogP contribution in [-0.2, 0) is 11.2 Å². The van der Waals surface area contributed by atoms with Crippen molar-refractivity contribution in [3.63, 3.8) is 0 Å². The molecule has 1 heterocycles. The van der Waals surface area contributed by atoms with Gasteiger partial charge in [0.15, 0.2) is 0 Å². The van der Waals surface area contributed by atoms with E-state index in [1.165, 1.54) is 11.3 Å². The number of aromatic nitrogens is 1. The molecule has 0 aliphatic rings. The molecule has 0 atom stereocenters. The van der Waals surface area contributed by atoms with E-state index in [2.05, 4.69) is 29.5 Å². The Balaban J connectivity index is 2.11. The lowest BCUT2D eigenvalue weighted by Gasteiger charge is -2.18. The predicted molar refractivity (Wildman–Crippen MR) is 108 cm³/mol. The molecule has 26 heavy (non-hydrogen) atoms. The van der Waals surface area contributed by atoms with E-state index in [0.29, 0.717) is 22.2 Å². The standard InChI is InChI=1S/C20H27N3O2S/c1-12(2)10-16-21-13(3)17(26-16)18(24)22-14-8-7-9-15(11-14)23-19(25)20(4,5)6/h7-9,11-12H,10H2,1-6H3,(H,22,24)(H,23,25). The number of carbonyl (C=O) groups is 2. The third-order valence-corrected chi connectivity index (χ3v) is 4.87. The fraction of sp³-hybridized carbons (Fsp3) is 0.450. The highest BCUT2D eigenvalue weighted by molar-refractivity contribution is 7.13. The third-order valence-electron chi connectivity index (χ3n) is 3.69. The lowest BCUT2D eigenvalue weighted by atomic mass is 9.95. The van der Waals surface area contributed by atoms with Crippen LogP contribution in [0.2, 0.25) is 0 Å². The molecule has 0 aliphatic carbocycles. The van der Waals surface area contributed by atoms with E-state index in [0.717, 1.165) is 17.1 Å². The van der Waals surface area contributed by atoms with Gasteiger partial charge in [-0.1, -0.05) is 40.7 Å². The zero-order valence-corrected chi connectivity index (χ0v) is 17.1. The van der Waals surface area contributed by atoms with Crippen LogP contribution in [0.5, 0.6) is 0 Å². The van der Waals surface area contributed by atoms with Crippen molar-refractivity contribution in [1.29, 1.82) is 0 Å². The number of rotatable bonds is 5. The Hall–Kier alpha value is -2.21. The number of aryl methyl sites for hydroxylation is 1. The molecular formula is C20H27N3O2S. The maximum atomic E-state index is 12.6. The van der Waals surface area contributed by atoms with Gasteiger partial charge in [0.1, 0.15) is 4.88 Å². The van der Waals surface area contributed by atoms with Crippen molar-refractivity contribution in [3.05, 3.63) is 39.8 Å². The van der Waals surface area contributed by atoms with E-state index in [1.807, 2.05) is 27.7 Å². The number of nitrogens with one attached hydrogen (secondary N) is 2. The van der Waals surface area contributed by atoms with E-state index in [9.17, 15) is 9.59 Å². The van der Waals surface area contributed by atoms with Crippen molar-refractivity contribution < 1.29 is 9.59 Å². The fourth-order valence-electron chi connectivity index (χ4n) is 2.28. The first-order valence-corrected chi connectivity index (χ1v) is 9.57. The van der Waals surface area contributed by atoms with Crippen LogP contribution in [0, 0.1) is 18.3 Å². The molecule has 1 aromatic heterocycles. The summed E-state index contributed by atoms with van der Waals surface area (Å²) in [5.74, 6) is 0.256. The molecule has 0 aliphatic heterocycles. The van der Waals surface area contributed by atoms with Gasteiger partial charge in [-0.05, 0) is 31.0 Å². The largest absolute Gasteiger partial charge is 0.326 e. The molecule has 0 bridgehead atoms. The molecule has 0 radical (unpaired) electrons. The Morgan fingerprint density at radius 3 is 2.35 bits per heavy atom. The lowest BCUT2D eigenvalue weighted by molar-refractivity contribution is -0.123. The van der Waals surface area contributed by atoms with Gasteiger partial charge < -0.3 is 10.6 Å². The molecule has 2 N–H and O–H groups in total. The minimum Gasteiger partial charge on any atom is -0.326 e. The molecular weight excluding hydrogens is 346 g/mol. The summed E-state index contributed by atoms with van der Waals surface area (Å²) in [6, 6.07) is 7.17. The number of anilines is 2. The fourth-order valence-corrected chi connectivity index (χ4v) is 3.45. The van der Waals surface area contributed by atoms with Gasteiger partial charge >= 0.3 is 0 Å². The average molecular weight is 374 g/mol. The van der Waals surface area contributed by atoms with Crippen LogP contribution in [-0.4, -0.2) is 16.8 Å². The first-order valence-electron chi connectivity index (χ1n) is 8.75. The van der Waals surface area contributed by atoms with E-state index in [-0.39, 0.29) is 11.8 Å². The zero-order chi connectivity index (χ0) is 19.5. The molecule has 140 valence electrons. The van der Waals surface area contributed by atoms with Crippen molar-refractivity contribution in [3.8, 4) is 0 Å². The van der Waals surface area contributed by atoms with Gasteiger partial charge in [-0.2, -0.15) is 0 Å². The van der Waals surface area contributed by atoms with Gasteiger partial charge in [0, 0.05) is 23.2 Å². The van der Waals surface area contributed by atoms with E-state index >= 15 is 0 Å². The molecule has 2 rings (SSSR count). The van der Waals surface area contributed by atoms with E-state index < -0.39 is 5.41 Å². The van der Waals surface area contributed by atoms with Crippen LogP contribution in [0.15, 0.2) is 24.3 Å². The summed E-state index contributed by atoms with van der Waals surface area (Å²) < 4.78 is 0. The number of amides is 2. The summed E-state index contributed by atoms with van der Waals surface area (Å²) in [5.41, 5.74) is 1.57. The molecule has 0 saturated heterocycles. The maximum absolute atomic E-state index is 12.6. The smallest absolute Gasteiger partial charge is 0.267 e. The Morgan fingerprint density at radius 2 is 1.77 bits per heavy atom. The second-order valence-electron chi connectivity index (χ2n) is 7.86. The SMILES string of the molecule is Cc1nc(CC(C)C)sc1C(=O)Nc1cccc(NC(=O)C(C)(C)C)c1. The van der Waals surface area contributed by atoms with E-state index in [1.54, 1.807) is 24.3 Å². The molecule has 1 aromatic carbocycles. The molecule has 0 fully saturated rings. The van der Waals surface area contributed by atoms with Crippen LogP contribution in [0.1, 0.15) is 55.0 Å². The summed E-state index contributed by atoms with van der Waals surface area (Å²) in [6.07, 6.45) is 0.868. The molecule has 0 spiro atoms. The number of thiazole rings is 1. The minimum atomic E-state index is -0.480. The quantitative estimate of drug-likeness (QED) is 0.784. The van der Waals surface area contributed by atoms with Gasteiger partial charge in [0.2, 0.25) is 5.91 Å². The van der Waals surface area contributed by atoms with E-state index in [4.69, 9.17) is 0 Å². The third kappa shape index (κ3) is 5.39. The maximum Gasteiger partial charge on any atom is 0.267 e. The van der Waals surface area contributed by atoms with Crippen molar-refractivity contribution >= 4 is 34.5 Å². The summed E-state index contributed by atoms with van der Waals surface area (Å²) in [4.78, 5) is 29.8. The lowest BCUT2D eigenvalue weighted by Crippen LogP contribution is -2.27. The van der Waals surface area contributed by atoms with Gasteiger partial charge in [-0.25, -0.2) is 4.98 Å². The van der Waals surface area contributed by atoms with Crippen LogP contribution < -0.4 is 10.6 Å². The van der Waals surface area contributed by atoms with Gasteiger partial charge in [-0.15, -0.1) is 11.3 Å². The van der Waals surface area contributed by atoms with Gasteiger partial charge in [0.25, 0.3) is 5.91 Å². The monoisotopic (exact) mass is 373 g/mol. The Kier molecular flexibility index (Phi) is 6.18. The first kappa shape index (κ1) is 20.1. The Labute approximate surface area is 159 Å². The zero-order valence-electron chi connectivity index (χ0n) is 16.3. The van der Waals surface area contributed by atoms with Crippen LogP contribution >= 0.6 is 11.3 Å². The van der Waals surface area contributed by atoms with Crippen LogP contribution in [0.4, 0.5) is 11.4 Å². The Morgan fingerprint density at radius 1 is 1.15 bits per heavy atom. The summed E-state index contributed by atoms with van der Waals surface area (Å²) >= 11 is 1.44. The predicted octanol–water partition coefficient (Wildman–Crippen LogP) is 4.89. The van der Waals surface area contributed by atoms with Gasteiger partial charge in [-0.3, -0.25) is 9.59 Å². The number of nitrogens with zero attached hydrogens (tertiary/aromatic N) is 1. The topological polar surface area (TPSA) is 71.1 Å². The first-order chi connectivity index (χ1) is 12.1. The Bertz CT molecular complexity index is 804. The van der Waals surface area contributed by atoms with Crippen molar-refractivity contribution in [2.75, 3.05) is 10.6 Å². The number of hydrogen-bond donors (Lipinski definition) is 2. The highest BCUT2D eigenvalue weighted by Crippen LogP contribution is 2.24. The summed E-state index contributed by atoms with van der Waals surface area (Å²) in [5, 5.41) is 6.75. The second-order valence-corrected chi connectivity index (χ2v) is 8.94. The van der Waals surface area contributed by atoms with Crippen LogP contribution in [0.25, 0.3) is 0 Å².